The molecule has 2 aliphatic rings. The van der Waals surface area contributed by atoms with Gasteiger partial charge in [-0.15, -0.1) is 0 Å². The Kier molecular flexibility index (Phi) is 6.17. The first-order valence-electron chi connectivity index (χ1n) is 8.87. The largest absolute Gasteiger partial charge is 0.368 e. The Hall–Kier alpha value is -1.52. The van der Waals surface area contributed by atoms with E-state index in [-0.39, 0.29) is 37.9 Å². The summed E-state index contributed by atoms with van der Waals surface area (Å²) in [5.41, 5.74) is 5.94. The van der Waals surface area contributed by atoms with Gasteiger partial charge in [-0.25, -0.2) is 0 Å². The minimum Gasteiger partial charge on any atom is -0.368 e. The minimum atomic E-state index is -3.80. The fourth-order valence-corrected chi connectivity index (χ4v) is 5.47. The number of ketones is 1. The first-order valence-corrected chi connectivity index (χ1v) is 10.6. The number of halogens is 1. The van der Waals surface area contributed by atoms with Crippen LogP contribution in [0.3, 0.4) is 0 Å². The number of benzene rings is 1. The van der Waals surface area contributed by atoms with Gasteiger partial charge in [-0.2, -0.15) is 17.0 Å². The third-order valence-corrected chi connectivity index (χ3v) is 7.40. The van der Waals surface area contributed by atoms with E-state index in [2.05, 4.69) is 5.32 Å². The predicted octanol–water partition coefficient (Wildman–Crippen LogP) is 0.239. The van der Waals surface area contributed by atoms with E-state index in [1.165, 1.54) is 8.61 Å². The number of carbonyl (C=O) groups excluding carboxylic acids is 2. The molecule has 0 radical (unpaired) electrons. The van der Waals surface area contributed by atoms with Crippen molar-refractivity contribution in [3.8, 4) is 0 Å². The zero-order valence-corrected chi connectivity index (χ0v) is 16.4. The Morgan fingerprint density at radius 1 is 1.11 bits per heavy atom. The number of piperazine rings is 1. The van der Waals surface area contributed by atoms with Crippen LogP contribution in [0.2, 0.25) is 5.02 Å². The lowest BCUT2D eigenvalue weighted by Crippen LogP contribution is -2.62. The molecule has 2 fully saturated rings. The summed E-state index contributed by atoms with van der Waals surface area (Å²) in [5, 5.41) is 3.55. The third kappa shape index (κ3) is 4.33. The molecule has 1 aromatic carbocycles. The molecule has 10 heteroatoms. The normalized spacial score (nSPS) is 23.2. The molecule has 2 aliphatic heterocycles. The number of amides is 1. The van der Waals surface area contributed by atoms with Crippen LogP contribution in [0, 0.1) is 5.92 Å². The monoisotopic (exact) mass is 414 g/mol. The number of nitrogens with zero attached hydrogens (tertiary/aromatic N) is 2. The lowest BCUT2D eigenvalue weighted by Gasteiger charge is -2.39. The summed E-state index contributed by atoms with van der Waals surface area (Å²) in [6.45, 7) is 1.34. The van der Waals surface area contributed by atoms with Crippen LogP contribution in [0.25, 0.3) is 0 Å². The number of nitrogens with one attached hydrogen (secondary N) is 1. The Morgan fingerprint density at radius 2 is 1.74 bits per heavy atom. The second-order valence-electron chi connectivity index (χ2n) is 6.79. The van der Waals surface area contributed by atoms with Crippen molar-refractivity contribution in [2.24, 2.45) is 11.7 Å². The number of hydrogen-bond acceptors (Lipinski definition) is 5. The van der Waals surface area contributed by atoms with Crippen molar-refractivity contribution >= 4 is 33.5 Å². The van der Waals surface area contributed by atoms with Crippen LogP contribution in [0.1, 0.15) is 23.2 Å². The lowest BCUT2D eigenvalue weighted by atomic mass is 9.90. The molecule has 3 N–H and O–H groups in total. The van der Waals surface area contributed by atoms with E-state index in [1.807, 2.05) is 0 Å². The van der Waals surface area contributed by atoms with Gasteiger partial charge in [0.15, 0.2) is 5.78 Å². The Balaban J connectivity index is 1.66. The lowest BCUT2D eigenvalue weighted by molar-refractivity contribution is -0.122. The number of rotatable bonds is 5. The van der Waals surface area contributed by atoms with Crippen molar-refractivity contribution in [2.45, 2.75) is 18.9 Å². The molecule has 27 heavy (non-hydrogen) atoms. The van der Waals surface area contributed by atoms with E-state index in [4.69, 9.17) is 17.3 Å². The van der Waals surface area contributed by atoms with Gasteiger partial charge in [0.05, 0.1) is 0 Å². The second kappa shape index (κ2) is 8.24. The topological polar surface area (TPSA) is 113 Å². The second-order valence-corrected chi connectivity index (χ2v) is 9.10. The van der Waals surface area contributed by atoms with Crippen LogP contribution in [-0.4, -0.2) is 67.5 Å². The highest BCUT2D eigenvalue weighted by atomic mass is 35.5. The average molecular weight is 415 g/mol. The van der Waals surface area contributed by atoms with Crippen molar-refractivity contribution in [2.75, 3.05) is 32.7 Å². The van der Waals surface area contributed by atoms with Crippen LogP contribution >= 0.6 is 11.6 Å². The molecule has 0 aromatic heterocycles. The smallest absolute Gasteiger partial charge is 0.282 e. The number of carbonyl (C=O) groups is 2. The van der Waals surface area contributed by atoms with Gasteiger partial charge < -0.3 is 11.1 Å². The molecule has 0 bridgehead atoms. The summed E-state index contributed by atoms with van der Waals surface area (Å²) in [4.78, 5) is 24.2. The van der Waals surface area contributed by atoms with E-state index >= 15 is 0 Å². The highest BCUT2D eigenvalue weighted by Crippen LogP contribution is 2.26. The standard InChI is InChI=1S/C17H23ClN4O4S/c18-14-3-1-12(2-4-14)16(23)13-5-8-21(9-6-13)27(25,26)22-10-7-20-11-15(22)17(19)24/h1-4,13,15,20H,5-11H2,(H2,19,24)/t15-/m1/s1. The minimum absolute atomic E-state index is 0.000833. The van der Waals surface area contributed by atoms with Gasteiger partial charge in [-0.1, -0.05) is 11.6 Å². The zero-order valence-electron chi connectivity index (χ0n) is 14.8. The maximum atomic E-state index is 13.0. The van der Waals surface area contributed by atoms with Crippen molar-refractivity contribution < 1.29 is 18.0 Å². The number of hydrogen-bond donors (Lipinski definition) is 2. The van der Waals surface area contributed by atoms with Crippen LogP contribution < -0.4 is 11.1 Å². The summed E-state index contributed by atoms with van der Waals surface area (Å²) < 4.78 is 28.4. The van der Waals surface area contributed by atoms with E-state index < -0.39 is 22.2 Å². The van der Waals surface area contributed by atoms with Crippen LogP contribution in [0.4, 0.5) is 0 Å². The molecule has 3 rings (SSSR count). The summed E-state index contributed by atoms with van der Waals surface area (Å²) in [5.74, 6) is -0.896. The quantitative estimate of drug-likeness (QED) is 0.670. The van der Waals surface area contributed by atoms with E-state index in [0.717, 1.165) is 0 Å². The number of primary amides is 1. The first kappa shape index (κ1) is 20.2. The van der Waals surface area contributed by atoms with E-state index in [0.29, 0.717) is 30.0 Å². The third-order valence-electron chi connectivity index (χ3n) is 5.10. The fraction of sp³-hybridized carbons (Fsp3) is 0.529. The van der Waals surface area contributed by atoms with Gasteiger partial charge in [-0.05, 0) is 37.1 Å². The number of piperidine rings is 1. The predicted molar refractivity (Wildman–Crippen MR) is 102 cm³/mol. The maximum absolute atomic E-state index is 13.0. The Morgan fingerprint density at radius 3 is 2.33 bits per heavy atom. The molecule has 1 aromatic rings. The molecule has 2 saturated heterocycles. The molecule has 0 unspecified atom stereocenters. The van der Waals surface area contributed by atoms with Gasteiger partial charge in [0.2, 0.25) is 5.91 Å². The van der Waals surface area contributed by atoms with Gasteiger partial charge in [-0.3, -0.25) is 9.59 Å². The van der Waals surface area contributed by atoms with E-state index in [9.17, 15) is 18.0 Å². The number of Topliss-reactive ketones (excluding diaryl/α,β-unsaturated/α-hetero) is 1. The van der Waals surface area contributed by atoms with Crippen LogP contribution in [0.5, 0.6) is 0 Å². The Labute approximate surface area is 163 Å². The average Bonchev–Trinajstić information content (AvgIpc) is 2.68. The maximum Gasteiger partial charge on any atom is 0.282 e. The zero-order chi connectivity index (χ0) is 19.6. The molecule has 148 valence electrons. The number of nitrogens with two attached hydrogens (primary N) is 1. The summed E-state index contributed by atoms with van der Waals surface area (Å²) >= 11 is 5.85. The molecule has 1 amide bonds. The molecule has 0 aliphatic carbocycles. The Bertz CT molecular complexity index is 807. The molecule has 1 atom stereocenters. The van der Waals surface area contributed by atoms with Crippen molar-refractivity contribution in [3.63, 3.8) is 0 Å². The van der Waals surface area contributed by atoms with Gasteiger partial charge in [0.25, 0.3) is 10.2 Å². The van der Waals surface area contributed by atoms with Crippen LogP contribution in [0.15, 0.2) is 24.3 Å². The van der Waals surface area contributed by atoms with Crippen molar-refractivity contribution in [1.82, 2.24) is 13.9 Å². The summed E-state index contributed by atoms with van der Waals surface area (Å²) in [6, 6.07) is 5.82. The van der Waals surface area contributed by atoms with E-state index in [1.54, 1.807) is 24.3 Å². The van der Waals surface area contributed by atoms with Gasteiger partial charge in [0, 0.05) is 49.2 Å². The molecule has 0 saturated carbocycles. The SMILES string of the molecule is NC(=O)[C@H]1CNCCN1S(=O)(=O)N1CCC(C(=O)c2ccc(Cl)cc2)CC1. The highest BCUT2D eigenvalue weighted by Gasteiger charge is 2.41. The molecular formula is C17H23ClN4O4S. The van der Waals surface area contributed by atoms with Gasteiger partial charge in [0.1, 0.15) is 6.04 Å². The summed E-state index contributed by atoms with van der Waals surface area (Å²) in [6.07, 6.45) is 0.877. The molecule has 0 spiro atoms. The van der Waals surface area contributed by atoms with Crippen molar-refractivity contribution in [3.05, 3.63) is 34.9 Å². The summed E-state index contributed by atoms with van der Waals surface area (Å²) in [7, 11) is -3.80. The first-order chi connectivity index (χ1) is 12.8. The van der Waals surface area contributed by atoms with Crippen molar-refractivity contribution in [1.29, 1.82) is 0 Å². The highest BCUT2D eigenvalue weighted by molar-refractivity contribution is 7.86. The molecule has 2 heterocycles. The van der Waals surface area contributed by atoms with Crippen LogP contribution in [-0.2, 0) is 15.0 Å². The van der Waals surface area contributed by atoms with Gasteiger partial charge >= 0.3 is 0 Å². The molecular weight excluding hydrogens is 392 g/mol. The fourth-order valence-electron chi connectivity index (χ4n) is 3.55. The molecule has 8 nitrogen and oxygen atoms in total.